The minimum absolute atomic E-state index is 0.0519. The lowest BCUT2D eigenvalue weighted by molar-refractivity contribution is -0.120. The Bertz CT molecular complexity index is 368. The number of thiazole rings is 1. The van der Waals surface area contributed by atoms with E-state index in [0.717, 1.165) is 10.7 Å². The van der Waals surface area contributed by atoms with E-state index in [1.165, 1.54) is 0 Å². The number of nitrogens with one attached hydrogen (secondary N) is 2. The van der Waals surface area contributed by atoms with Crippen LogP contribution in [0.2, 0.25) is 0 Å². The second-order valence-corrected chi connectivity index (χ2v) is 3.96. The van der Waals surface area contributed by atoms with Gasteiger partial charge in [0, 0.05) is 11.9 Å². The fourth-order valence-corrected chi connectivity index (χ4v) is 1.61. The Morgan fingerprint density at radius 1 is 1.73 bits per heavy atom. The van der Waals surface area contributed by atoms with Gasteiger partial charge in [0.15, 0.2) is 0 Å². The van der Waals surface area contributed by atoms with Crippen LogP contribution in [0, 0.1) is 18.3 Å². The third-order valence-corrected chi connectivity index (χ3v) is 2.45. The molecule has 0 aliphatic heterocycles. The molecule has 0 saturated carbocycles. The fraction of sp³-hybridized carbons (Fsp3) is 0.444. The number of aryl methyl sites for hydroxylation is 1. The van der Waals surface area contributed by atoms with Crippen molar-refractivity contribution in [1.29, 1.82) is 5.26 Å². The first kappa shape index (κ1) is 11.6. The molecule has 2 N–H and O–H groups in total. The molecule has 0 saturated heterocycles. The molecule has 5 nitrogen and oxygen atoms in total. The summed E-state index contributed by atoms with van der Waals surface area (Å²) < 4.78 is 0. The molecule has 0 spiro atoms. The number of amides is 1. The SMILES string of the molecule is Cc1nc(CNCC(=O)NCC#N)cs1. The van der Waals surface area contributed by atoms with Crippen LogP contribution in [-0.4, -0.2) is 24.0 Å². The molecule has 0 atom stereocenters. The van der Waals surface area contributed by atoms with Crippen molar-refractivity contribution in [3.05, 3.63) is 16.1 Å². The van der Waals surface area contributed by atoms with Crippen LogP contribution in [0.5, 0.6) is 0 Å². The standard InChI is InChI=1S/C9H12N4OS/c1-7-13-8(6-15-7)4-11-5-9(14)12-3-2-10/h6,11H,3-5H2,1H3,(H,12,14). The molecule has 0 aliphatic rings. The van der Waals surface area contributed by atoms with E-state index in [1.807, 2.05) is 18.4 Å². The van der Waals surface area contributed by atoms with Gasteiger partial charge in [0.25, 0.3) is 0 Å². The number of aromatic nitrogens is 1. The molecule has 0 aliphatic carbocycles. The van der Waals surface area contributed by atoms with E-state index >= 15 is 0 Å². The molecule has 0 unspecified atom stereocenters. The van der Waals surface area contributed by atoms with Gasteiger partial charge in [-0.25, -0.2) is 4.98 Å². The normalized spacial score (nSPS) is 9.60. The molecule has 1 amide bonds. The minimum atomic E-state index is -0.177. The van der Waals surface area contributed by atoms with Crippen LogP contribution in [0.4, 0.5) is 0 Å². The van der Waals surface area contributed by atoms with Crippen molar-refractivity contribution in [2.45, 2.75) is 13.5 Å². The zero-order valence-corrected chi connectivity index (χ0v) is 9.23. The lowest BCUT2D eigenvalue weighted by Crippen LogP contribution is -2.33. The molecule has 6 heteroatoms. The van der Waals surface area contributed by atoms with Crippen LogP contribution < -0.4 is 10.6 Å². The first-order chi connectivity index (χ1) is 7.22. The Hall–Kier alpha value is -1.45. The maximum atomic E-state index is 11.1. The maximum Gasteiger partial charge on any atom is 0.234 e. The maximum absolute atomic E-state index is 11.1. The molecule has 0 radical (unpaired) electrons. The average Bonchev–Trinajstić information content (AvgIpc) is 2.61. The molecular formula is C9H12N4OS. The highest BCUT2D eigenvalue weighted by molar-refractivity contribution is 7.09. The molecule has 1 aromatic rings. The molecule has 1 rings (SSSR count). The van der Waals surface area contributed by atoms with E-state index in [1.54, 1.807) is 11.3 Å². The molecule has 1 aromatic heterocycles. The predicted octanol–water partition coefficient (Wildman–Crippen LogP) is 0.181. The average molecular weight is 224 g/mol. The number of nitrogens with zero attached hydrogens (tertiary/aromatic N) is 2. The van der Waals surface area contributed by atoms with Gasteiger partial charge < -0.3 is 10.6 Å². The second-order valence-electron chi connectivity index (χ2n) is 2.90. The Balaban J connectivity index is 2.16. The van der Waals surface area contributed by atoms with Gasteiger partial charge in [0.05, 0.1) is 23.3 Å². The monoisotopic (exact) mass is 224 g/mol. The van der Waals surface area contributed by atoms with Crippen LogP contribution in [0.3, 0.4) is 0 Å². The van der Waals surface area contributed by atoms with E-state index in [4.69, 9.17) is 5.26 Å². The van der Waals surface area contributed by atoms with Crippen LogP contribution in [0.1, 0.15) is 10.7 Å². The highest BCUT2D eigenvalue weighted by Gasteiger charge is 2.01. The molecule has 1 heterocycles. The number of rotatable bonds is 5. The minimum Gasteiger partial charge on any atom is -0.342 e. The van der Waals surface area contributed by atoms with Gasteiger partial charge in [0.1, 0.15) is 6.54 Å². The van der Waals surface area contributed by atoms with Crippen molar-refractivity contribution in [2.75, 3.05) is 13.1 Å². The smallest absolute Gasteiger partial charge is 0.234 e. The largest absolute Gasteiger partial charge is 0.342 e. The first-order valence-electron chi connectivity index (χ1n) is 4.47. The highest BCUT2D eigenvalue weighted by atomic mass is 32.1. The quantitative estimate of drug-likeness (QED) is 0.699. The first-order valence-corrected chi connectivity index (χ1v) is 5.35. The molecular weight excluding hydrogens is 212 g/mol. The lowest BCUT2D eigenvalue weighted by atomic mass is 10.4. The van der Waals surface area contributed by atoms with Crippen molar-refractivity contribution >= 4 is 17.2 Å². The van der Waals surface area contributed by atoms with Crippen LogP contribution in [-0.2, 0) is 11.3 Å². The van der Waals surface area contributed by atoms with Gasteiger partial charge >= 0.3 is 0 Å². The van der Waals surface area contributed by atoms with Gasteiger partial charge in [-0.2, -0.15) is 5.26 Å². The number of nitriles is 1. The summed E-state index contributed by atoms with van der Waals surface area (Å²) >= 11 is 1.58. The highest BCUT2D eigenvalue weighted by Crippen LogP contribution is 2.06. The molecule has 0 fully saturated rings. The summed E-state index contributed by atoms with van der Waals surface area (Å²) in [6.07, 6.45) is 0. The van der Waals surface area contributed by atoms with Crippen molar-refractivity contribution in [1.82, 2.24) is 15.6 Å². The van der Waals surface area contributed by atoms with Crippen molar-refractivity contribution in [3.8, 4) is 6.07 Å². The van der Waals surface area contributed by atoms with Crippen molar-refractivity contribution in [2.24, 2.45) is 0 Å². The summed E-state index contributed by atoms with van der Waals surface area (Å²) in [6, 6.07) is 1.84. The second kappa shape index (κ2) is 6.11. The van der Waals surface area contributed by atoms with Crippen molar-refractivity contribution < 1.29 is 4.79 Å². The third kappa shape index (κ3) is 4.54. The summed E-state index contributed by atoms with van der Waals surface area (Å²) in [5.74, 6) is -0.177. The predicted molar refractivity (Wildman–Crippen MR) is 57.2 cm³/mol. The fourth-order valence-electron chi connectivity index (χ4n) is 0.994. The van der Waals surface area contributed by atoms with E-state index in [2.05, 4.69) is 15.6 Å². The van der Waals surface area contributed by atoms with E-state index < -0.39 is 0 Å². The summed E-state index contributed by atoms with van der Waals surface area (Å²) in [5.41, 5.74) is 0.936. The number of carbonyl (C=O) groups is 1. The number of hydrogen-bond acceptors (Lipinski definition) is 5. The summed E-state index contributed by atoms with van der Waals surface area (Å²) in [6.45, 7) is 2.77. The molecule has 15 heavy (non-hydrogen) atoms. The number of carbonyl (C=O) groups excluding carboxylic acids is 1. The third-order valence-electron chi connectivity index (χ3n) is 1.62. The zero-order chi connectivity index (χ0) is 11.1. The Labute approximate surface area is 92.1 Å². The Morgan fingerprint density at radius 2 is 2.53 bits per heavy atom. The zero-order valence-electron chi connectivity index (χ0n) is 8.41. The summed E-state index contributed by atoms with van der Waals surface area (Å²) in [4.78, 5) is 15.3. The summed E-state index contributed by atoms with van der Waals surface area (Å²) in [5, 5.41) is 16.6. The number of hydrogen-bond donors (Lipinski definition) is 2. The van der Waals surface area contributed by atoms with Gasteiger partial charge in [0.2, 0.25) is 5.91 Å². The van der Waals surface area contributed by atoms with Crippen LogP contribution in [0.25, 0.3) is 0 Å². The van der Waals surface area contributed by atoms with Crippen LogP contribution >= 0.6 is 11.3 Å². The molecule has 80 valence electrons. The topological polar surface area (TPSA) is 77.8 Å². The van der Waals surface area contributed by atoms with E-state index in [-0.39, 0.29) is 19.0 Å². The van der Waals surface area contributed by atoms with Crippen molar-refractivity contribution in [3.63, 3.8) is 0 Å². The van der Waals surface area contributed by atoms with E-state index in [9.17, 15) is 4.79 Å². The van der Waals surface area contributed by atoms with Gasteiger partial charge in [-0.05, 0) is 6.92 Å². The Kier molecular flexibility index (Phi) is 4.74. The van der Waals surface area contributed by atoms with Gasteiger partial charge in [-0.3, -0.25) is 4.79 Å². The van der Waals surface area contributed by atoms with Gasteiger partial charge in [-0.15, -0.1) is 11.3 Å². The summed E-state index contributed by atoms with van der Waals surface area (Å²) in [7, 11) is 0. The van der Waals surface area contributed by atoms with E-state index in [0.29, 0.717) is 6.54 Å². The lowest BCUT2D eigenvalue weighted by Gasteiger charge is -2.01. The Morgan fingerprint density at radius 3 is 3.13 bits per heavy atom. The van der Waals surface area contributed by atoms with Gasteiger partial charge in [-0.1, -0.05) is 0 Å². The van der Waals surface area contributed by atoms with Crippen LogP contribution in [0.15, 0.2) is 5.38 Å². The molecule has 0 aromatic carbocycles. The molecule has 0 bridgehead atoms.